The van der Waals surface area contributed by atoms with E-state index in [2.05, 4.69) is 43.4 Å². The van der Waals surface area contributed by atoms with Crippen molar-refractivity contribution in [1.82, 2.24) is 5.32 Å². The Bertz CT molecular complexity index is 412. The Kier molecular flexibility index (Phi) is 3.53. The average Bonchev–Trinajstić information content (AvgIpc) is 3.01. The molecule has 1 saturated heterocycles. The van der Waals surface area contributed by atoms with Crippen LogP contribution in [0.3, 0.4) is 0 Å². The van der Waals surface area contributed by atoms with Gasteiger partial charge in [0.05, 0.1) is 6.10 Å². The van der Waals surface area contributed by atoms with E-state index in [0.29, 0.717) is 11.3 Å². The van der Waals surface area contributed by atoms with Gasteiger partial charge in [-0.25, -0.2) is 0 Å². The van der Waals surface area contributed by atoms with Gasteiger partial charge in [-0.2, -0.15) is 0 Å². The average molecular weight is 259 g/mol. The molecule has 19 heavy (non-hydrogen) atoms. The third-order valence-corrected chi connectivity index (χ3v) is 4.82. The van der Waals surface area contributed by atoms with Crippen LogP contribution in [0.4, 0.5) is 0 Å². The Hall–Kier alpha value is -1.02. The number of rotatable bonds is 3. The van der Waals surface area contributed by atoms with Crippen molar-refractivity contribution >= 4 is 0 Å². The van der Waals surface area contributed by atoms with Gasteiger partial charge < -0.3 is 10.1 Å². The second kappa shape index (κ2) is 5.16. The molecule has 1 aliphatic carbocycles. The van der Waals surface area contributed by atoms with E-state index in [0.717, 1.165) is 12.3 Å². The molecule has 0 radical (unpaired) electrons. The van der Waals surface area contributed by atoms with E-state index in [9.17, 15) is 0 Å². The highest BCUT2D eigenvalue weighted by atomic mass is 16.5. The molecule has 1 unspecified atom stereocenters. The summed E-state index contributed by atoms with van der Waals surface area (Å²) in [5.74, 6) is 1.69. The Morgan fingerprint density at radius 2 is 1.84 bits per heavy atom. The van der Waals surface area contributed by atoms with Crippen LogP contribution < -0.4 is 10.1 Å². The molecular weight excluding hydrogens is 234 g/mol. The summed E-state index contributed by atoms with van der Waals surface area (Å²) >= 11 is 0. The largest absolute Gasteiger partial charge is 0.491 e. The van der Waals surface area contributed by atoms with Gasteiger partial charge in [0, 0.05) is 19.0 Å². The highest BCUT2D eigenvalue weighted by molar-refractivity contribution is 5.32. The van der Waals surface area contributed by atoms with Crippen molar-refractivity contribution in [3.8, 4) is 5.75 Å². The minimum atomic E-state index is 0.250. The van der Waals surface area contributed by atoms with Crippen molar-refractivity contribution in [3.63, 3.8) is 0 Å². The van der Waals surface area contributed by atoms with Crippen molar-refractivity contribution in [1.29, 1.82) is 0 Å². The van der Waals surface area contributed by atoms with E-state index < -0.39 is 0 Å². The molecule has 1 aliphatic heterocycles. The third kappa shape index (κ3) is 2.51. The Morgan fingerprint density at radius 3 is 2.47 bits per heavy atom. The predicted octanol–water partition coefficient (Wildman–Crippen LogP) is 3.72. The Labute approximate surface area is 116 Å². The van der Waals surface area contributed by atoms with Gasteiger partial charge in [0.2, 0.25) is 0 Å². The van der Waals surface area contributed by atoms with E-state index in [1.807, 2.05) is 0 Å². The number of nitrogens with one attached hydrogen (secondary N) is 1. The number of hydrogen-bond donors (Lipinski definition) is 1. The zero-order chi connectivity index (χ0) is 13.3. The first-order valence-corrected chi connectivity index (χ1v) is 7.67. The van der Waals surface area contributed by atoms with Gasteiger partial charge in [0.15, 0.2) is 0 Å². The van der Waals surface area contributed by atoms with Crippen LogP contribution >= 0.6 is 0 Å². The summed E-state index contributed by atoms with van der Waals surface area (Å²) in [6, 6.07) is 8.82. The molecule has 1 N–H and O–H groups in total. The molecule has 2 fully saturated rings. The molecule has 3 rings (SSSR count). The summed E-state index contributed by atoms with van der Waals surface area (Å²) in [6.45, 7) is 6.50. The maximum Gasteiger partial charge on any atom is 0.119 e. The van der Waals surface area contributed by atoms with E-state index in [-0.39, 0.29) is 6.10 Å². The standard InChI is InChI=1S/C17H25NO/c1-13(2)19-15-7-5-14(6-8-15)16-11-18-12-17(16)9-3-4-10-17/h5-8,13,16,18H,3-4,9-12H2,1-2H3. The molecular formula is C17H25NO. The van der Waals surface area contributed by atoms with Crippen molar-refractivity contribution < 1.29 is 4.74 Å². The van der Waals surface area contributed by atoms with Crippen LogP contribution in [-0.2, 0) is 0 Å². The minimum Gasteiger partial charge on any atom is -0.491 e. The Morgan fingerprint density at radius 1 is 1.16 bits per heavy atom. The van der Waals surface area contributed by atoms with Crippen LogP contribution in [0.25, 0.3) is 0 Å². The lowest BCUT2D eigenvalue weighted by atomic mass is 9.73. The van der Waals surface area contributed by atoms with Crippen LogP contribution in [0.1, 0.15) is 51.0 Å². The van der Waals surface area contributed by atoms with Gasteiger partial charge in [-0.1, -0.05) is 25.0 Å². The second-order valence-electron chi connectivity index (χ2n) is 6.49. The maximum absolute atomic E-state index is 5.73. The van der Waals surface area contributed by atoms with Crippen LogP contribution in [-0.4, -0.2) is 19.2 Å². The van der Waals surface area contributed by atoms with E-state index in [4.69, 9.17) is 4.74 Å². The van der Waals surface area contributed by atoms with E-state index >= 15 is 0 Å². The van der Waals surface area contributed by atoms with Crippen LogP contribution in [0.5, 0.6) is 5.75 Å². The molecule has 1 heterocycles. The zero-order valence-corrected chi connectivity index (χ0v) is 12.1. The molecule has 104 valence electrons. The highest BCUT2D eigenvalue weighted by Crippen LogP contribution is 2.50. The van der Waals surface area contributed by atoms with Crippen molar-refractivity contribution in [2.24, 2.45) is 5.41 Å². The van der Waals surface area contributed by atoms with Crippen LogP contribution in [0.2, 0.25) is 0 Å². The third-order valence-electron chi connectivity index (χ3n) is 4.82. The first kappa shape index (κ1) is 13.0. The molecule has 0 bridgehead atoms. The summed E-state index contributed by atoms with van der Waals surface area (Å²) in [6.07, 6.45) is 5.86. The number of ether oxygens (including phenoxy) is 1. The second-order valence-corrected chi connectivity index (χ2v) is 6.49. The molecule has 1 aromatic rings. The highest BCUT2D eigenvalue weighted by Gasteiger charge is 2.45. The summed E-state index contributed by atoms with van der Waals surface area (Å²) in [7, 11) is 0. The fourth-order valence-corrected chi connectivity index (χ4v) is 3.93. The first-order chi connectivity index (χ1) is 9.20. The molecule has 1 spiro atoms. The molecule has 2 heteroatoms. The lowest BCUT2D eigenvalue weighted by Crippen LogP contribution is -2.25. The van der Waals surface area contributed by atoms with Gasteiger partial charge in [-0.3, -0.25) is 0 Å². The topological polar surface area (TPSA) is 21.3 Å². The lowest BCUT2D eigenvalue weighted by Gasteiger charge is -2.30. The van der Waals surface area contributed by atoms with E-state index in [1.54, 1.807) is 0 Å². The van der Waals surface area contributed by atoms with Crippen molar-refractivity contribution in [3.05, 3.63) is 29.8 Å². The van der Waals surface area contributed by atoms with E-state index in [1.165, 1.54) is 37.8 Å². The number of benzene rings is 1. The molecule has 1 saturated carbocycles. The summed E-state index contributed by atoms with van der Waals surface area (Å²) in [5, 5.41) is 3.62. The molecule has 2 nitrogen and oxygen atoms in total. The smallest absolute Gasteiger partial charge is 0.119 e. The quantitative estimate of drug-likeness (QED) is 0.893. The van der Waals surface area contributed by atoms with Crippen molar-refractivity contribution in [2.45, 2.75) is 51.6 Å². The summed E-state index contributed by atoms with van der Waals surface area (Å²) in [5.41, 5.74) is 2.03. The van der Waals surface area contributed by atoms with Gasteiger partial charge in [0.25, 0.3) is 0 Å². The molecule has 2 aliphatic rings. The van der Waals surface area contributed by atoms with Crippen molar-refractivity contribution in [2.75, 3.05) is 13.1 Å². The summed E-state index contributed by atoms with van der Waals surface area (Å²) < 4.78 is 5.73. The monoisotopic (exact) mass is 259 g/mol. The summed E-state index contributed by atoms with van der Waals surface area (Å²) in [4.78, 5) is 0. The fourth-order valence-electron chi connectivity index (χ4n) is 3.93. The number of hydrogen-bond acceptors (Lipinski definition) is 2. The molecule has 0 amide bonds. The predicted molar refractivity (Wildman–Crippen MR) is 78.7 cm³/mol. The van der Waals surface area contributed by atoms with Gasteiger partial charge in [-0.05, 0) is 49.8 Å². The minimum absolute atomic E-state index is 0.250. The van der Waals surface area contributed by atoms with Gasteiger partial charge >= 0.3 is 0 Å². The molecule has 1 atom stereocenters. The fraction of sp³-hybridized carbons (Fsp3) is 0.647. The zero-order valence-electron chi connectivity index (χ0n) is 12.1. The van der Waals surface area contributed by atoms with Gasteiger partial charge in [0.1, 0.15) is 5.75 Å². The van der Waals surface area contributed by atoms with Crippen LogP contribution in [0.15, 0.2) is 24.3 Å². The lowest BCUT2D eigenvalue weighted by molar-refractivity contribution is 0.242. The van der Waals surface area contributed by atoms with Gasteiger partial charge in [-0.15, -0.1) is 0 Å². The normalized spacial score (nSPS) is 25.3. The first-order valence-electron chi connectivity index (χ1n) is 7.67. The maximum atomic E-state index is 5.73. The molecule has 1 aromatic carbocycles. The Balaban J connectivity index is 1.78. The molecule has 0 aromatic heterocycles. The SMILES string of the molecule is CC(C)Oc1ccc(C2CNCC23CCCC3)cc1. The van der Waals surface area contributed by atoms with Crippen LogP contribution in [0, 0.1) is 5.41 Å².